The molecule has 0 unspecified atom stereocenters. The van der Waals surface area contributed by atoms with Crippen LogP contribution in [0.15, 0.2) is 40.2 Å². The smallest absolute Gasteiger partial charge is 0.209 e. The molecule has 4 aliphatic rings. The number of rotatable bonds is 0. The van der Waals surface area contributed by atoms with E-state index in [0.717, 1.165) is 35.9 Å². The van der Waals surface area contributed by atoms with Gasteiger partial charge >= 0.3 is 0 Å². The maximum atomic E-state index is 5.66. The van der Waals surface area contributed by atoms with Crippen molar-refractivity contribution in [1.82, 2.24) is 10.6 Å². The third-order valence-electron chi connectivity index (χ3n) is 3.33. The quantitative estimate of drug-likeness (QED) is 0.618. The lowest BCUT2D eigenvalue weighted by Crippen LogP contribution is -2.37. The summed E-state index contributed by atoms with van der Waals surface area (Å²) in [6, 6.07) is 0. The summed E-state index contributed by atoms with van der Waals surface area (Å²) in [7, 11) is 0. The minimum Gasteiger partial charge on any atom is -0.370 e. The minimum absolute atomic E-state index is 0.640. The Hall–Kier alpha value is -1.43. The number of hydrogen-bond acceptors (Lipinski definition) is 5. The number of nitrogens with one attached hydrogen (secondary N) is 2. The van der Waals surface area contributed by atoms with Crippen LogP contribution in [-0.4, -0.2) is 37.9 Å². The zero-order chi connectivity index (χ0) is 11.3. The fraction of sp³-hybridized carbons (Fsp3) is 0.417. The Labute approximate surface area is 98.9 Å². The Morgan fingerprint density at radius 2 is 2.18 bits per heavy atom. The highest BCUT2D eigenvalue weighted by Crippen LogP contribution is 2.34. The minimum atomic E-state index is -0.663. The maximum absolute atomic E-state index is 5.66. The average molecular weight is 231 g/mol. The molecule has 3 heterocycles. The van der Waals surface area contributed by atoms with Crippen molar-refractivity contribution in [3.05, 3.63) is 35.2 Å². The normalized spacial score (nSPS) is 28.7. The molecule has 5 heteroatoms. The standard InChI is InChI=1S/C12H13N3O2/c1-2-12(16-3-4-17-12)5-8-9(1)15-10-6-13-7-14-11(8)10/h1-2,5,13-14H,3-4,6-7H2. The molecule has 2 N–H and O–H groups in total. The molecule has 1 aliphatic carbocycles. The van der Waals surface area contributed by atoms with E-state index < -0.39 is 5.79 Å². The van der Waals surface area contributed by atoms with Gasteiger partial charge < -0.3 is 14.8 Å². The lowest BCUT2D eigenvalue weighted by atomic mass is 9.98. The lowest BCUT2D eigenvalue weighted by molar-refractivity contribution is -0.0749. The largest absolute Gasteiger partial charge is 0.370 e. The first-order valence-electron chi connectivity index (χ1n) is 5.84. The Morgan fingerprint density at radius 1 is 1.29 bits per heavy atom. The first-order chi connectivity index (χ1) is 8.36. The van der Waals surface area contributed by atoms with E-state index in [0.29, 0.717) is 13.2 Å². The molecule has 1 saturated heterocycles. The van der Waals surface area contributed by atoms with Crippen LogP contribution in [-0.2, 0) is 9.47 Å². The average Bonchev–Trinajstić information content (AvgIpc) is 2.95. The van der Waals surface area contributed by atoms with Gasteiger partial charge in [0, 0.05) is 12.1 Å². The molecular formula is C12H13N3O2. The highest BCUT2D eigenvalue weighted by Gasteiger charge is 2.38. The molecule has 1 fully saturated rings. The Kier molecular flexibility index (Phi) is 1.85. The molecule has 17 heavy (non-hydrogen) atoms. The van der Waals surface area contributed by atoms with Crippen LogP contribution >= 0.6 is 0 Å². The highest BCUT2D eigenvalue weighted by molar-refractivity contribution is 6.15. The van der Waals surface area contributed by atoms with Gasteiger partial charge in [-0.2, -0.15) is 0 Å². The van der Waals surface area contributed by atoms with Gasteiger partial charge in [0.15, 0.2) is 0 Å². The monoisotopic (exact) mass is 231 g/mol. The summed E-state index contributed by atoms with van der Waals surface area (Å²) in [5, 5.41) is 6.56. The Morgan fingerprint density at radius 3 is 3.06 bits per heavy atom. The van der Waals surface area contributed by atoms with E-state index in [4.69, 9.17) is 9.47 Å². The van der Waals surface area contributed by atoms with Crippen molar-refractivity contribution in [2.45, 2.75) is 5.79 Å². The number of ether oxygens (including phenoxy) is 2. The van der Waals surface area contributed by atoms with Gasteiger partial charge in [-0.15, -0.1) is 0 Å². The molecule has 0 radical (unpaired) electrons. The van der Waals surface area contributed by atoms with Crippen molar-refractivity contribution in [2.24, 2.45) is 4.99 Å². The molecule has 0 bridgehead atoms. The predicted molar refractivity (Wildman–Crippen MR) is 62.3 cm³/mol. The van der Waals surface area contributed by atoms with E-state index in [-0.39, 0.29) is 0 Å². The highest BCUT2D eigenvalue weighted by atomic mass is 16.7. The van der Waals surface area contributed by atoms with Crippen molar-refractivity contribution in [3.63, 3.8) is 0 Å². The maximum Gasteiger partial charge on any atom is 0.209 e. The van der Waals surface area contributed by atoms with Gasteiger partial charge in [0.2, 0.25) is 5.79 Å². The van der Waals surface area contributed by atoms with E-state index in [1.165, 1.54) is 0 Å². The van der Waals surface area contributed by atoms with E-state index in [2.05, 4.69) is 15.6 Å². The van der Waals surface area contributed by atoms with Crippen molar-refractivity contribution < 1.29 is 9.47 Å². The molecule has 0 atom stereocenters. The number of fused-ring (bicyclic) bond motifs is 2. The molecule has 88 valence electrons. The van der Waals surface area contributed by atoms with Crippen LogP contribution in [0, 0.1) is 0 Å². The van der Waals surface area contributed by atoms with Crippen LogP contribution < -0.4 is 10.6 Å². The third kappa shape index (κ3) is 1.33. The summed E-state index contributed by atoms with van der Waals surface area (Å²) in [4.78, 5) is 4.59. The first kappa shape index (κ1) is 9.58. The first-order valence-corrected chi connectivity index (χ1v) is 5.84. The van der Waals surface area contributed by atoms with Gasteiger partial charge in [-0.3, -0.25) is 5.32 Å². The van der Waals surface area contributed by atoms with Gasteiger partial charge in [0.25, 0.3) is 0 Å². The van der Waals surface area contributed by atoms with E-state index in [1.807, 2.05) is 18.2 Å². The molecule has 0 saturated carbocycles. The van der Waals surface area contributed by atoms with Crippen LogP contribution in [0.5, 0.6) is 0 Å². The van der Waals surface area contributed by atoms with E-state index in [9.17, 15) is 0 Å². The SMILES string of the molecule is C1=CC2(C=C3C1=NC1=C3NCNC1)OCCO2. The third-order valence-corrected chi connectivity index (χ3v) is 3.33. The number of allylic oxidation sites excluding steroid dienone is 2. The van der Waals surface area contributed by atoms with Gasteiger partial charge in [0.1, 0.15) is 0 Å². The van der Waals surface area contributed by atoms with Gasteiger partial charge in [-0.05, 0) is 18.2 Å². The van der Waals surface area contributed by atoms with Crippen molar-refractivity contribution in [3.8, 4) is 0 Å². The number of nitrogens with zero attached hydrogens (tertiary/aromatic N) is 1. The summed E-state index contributed by atoms with van der Waals surface area (Å²) in [5.74, 6) is -0.663. The second-order valence-electron chi connectivity index (χ2n) is 4.41. The molecule has 0 aromatic rings. The van der Waals surface area contributed by atoms with Crippen LogP contribution in [0.2, 0.25) is 0 Å². The molecule has 3 aliphatic heterocycles. The summed E-state index contributed by atoms with van der Waals surface area (Å²) in [5.41, 5.74) is 4.28. The van der Waals surface area contributed by atoms with E-state index in [1.54, 1.807) is 0 Å². The summed E-state index contributed by atoms with van der Waals surface area (Å²) < 4.78 is 11.3. The number of hydrogen-bond donors (Lipinski definition) is 2. The second kappa shape index (κ2) is 3.29. The summed E-state index contributed by atoms with van der Waals surface area (Å²) >= 11 is 0. The number of aliphatic imine (C=N–C) groups is 1. The zero-order valence-electron chi connectivity index (χ0n) is 9.32. The molecule has 0 aromatic heterocycles. The van der Waals surface area contributed by atoms with Crippen molar-refractivity contribution in [2.75, 3.05) is 26.4 Å². The molecule has 0 amide bonds. The van der Waals surface area contributed by atoms with Crippen LogP contribution in [0.25, 0.3) is 0 Å². The van der Waals surface area contributed by atoms with Gasteiger partial charge in [-0.1, -0.05) is 0 Å². The van der Waals surface area contributed by atoms with Crippen LogP contribution in [0.1, 0.15) is 0 Å². The van der Waals surface area contributed by atoms with Crippen molar-refractivity contribution >= 4 is 5.71 Å². The predicted octanol–water partition coefficient (Wildman–Crippen LogP) is 0.0422. The fourth-order valence-corrected chi connectivity index (χ4v) is 2.54. The van der Waals surface area contributed by atoms with E-state index >= 15 is 0 Å². The zero-order valence-corrected chi connectivity index (χ0v) is 9.32. The lowest BCUT2D eigenvalue weighted by Gasteiger charge is -2.25. The molecule has 0 aromatic carbocycles. The Balaban J connectivity index is 1.78. The Bertz CT molecular complexity index is 496. The van der Waals surface area contributed by atoms with Crippen LogP contribution in [0.3, 0.4) is 0 Å². The van der Waals surface area contributed by atoms with Gasteiger partial charge in [0.05, 0.1) is 37.0 Å². The summed E-state index contributed by atoms with van der Waals surface area (Å²) in [6.45, 7) is 2.87. The van der Waals surface area contributed by atoms with Crippen LogP contribution in [0.4, 0.5) is 0 Å². The molecule has 4 rings (SSSR count). The molecular weight excluding hydrogens is 218 g/mol. The van der Waals surface area contributed by atoms with Crippen molar-refractivity contribution in [1.29, 1.82) is 0 Å². The fourth-order valence-electron chi connectivity index (χ4n) is 2.54. The molecule has 5 nitrogen and oxygen atoms in total. The summed E-state index contributed by atoms with van der Waals surface area (Å²) in [6.07, 6.45) is 5.95. The molecule has 1 spiro atoms. The second-order valence-corrected chi connectivity index (χ2v) is 4.41. The van der Waals surface area contributed by atoms with Gasteiger partial charge in [-0.25, -0.2) is 4.99 Å². The topological polar surface area (TPSA) is 54.9 Å².